The topological polar surface area (TPSA) is 59.0 Å². The van der Waals surface area contributed by atoms with Crippen molar-refractivity contribution in [3.8, 4) is 17.6 Å². The van der Waals surface area contributed by atoms with Crippen molar-refractivity contribution in [3.05, 3.63) is 53.3 Å². The summed E-state index contributed by atoms with van der Waals surface area (Å²) in [6, 6.07) is 11.0. The van der Waals surface area contributed by atoms with E-state index in [1.54, 1.807) is 25.1 Å². The Morgan fingerprint density at radius 3 is 2.50 bits per heavy atom. The lowest BCUT2D eigenvalue weighted by Gasteiger charge is -2.10. The smallest absolute Gasteiger partial charge is 0.150 e. The molecule has 2 rings (SSSR count). The molecule has 2 aromatic rings. The quantitative estimate of drug-likeness (QED) is 0.821. The third kappa shape index (κ3) is 2.41. The van der Waals surface area contributed by atoms with Gasteiger partial charge >= 0.3 is 0 Å². The summed E-state index contributed by atoms with van der Waals surface area (Å²) < 4.78 is 18.5. The molecule has 0 amide bonds. The van der Waals surface area contributed by atoms with Crippen LogP contribution in [0.3, 0.4) is 0 Å². The number of hydrogen-bond donors (Lipinski definition) is 1. The standard InChI is InChI=1S/C14H11FN2O/c1-9-6-11(15)3-5-13(9)18-14-4-2-10(8-16)7-12(14)17/h2-7H,17H2,1H3. The zero-order chi connectivity index (χ0) is 13.1. The highest BCUT2D eigenvalue weighted by molar-refractivity contribution is 5.58. The minimum atomic E-state index is -0.312. The molecule has 90 valence electrons. The first-order valence-corrected chi connectivity index (χ1v) is 5.34. The Balaban J connectivity index is 2.32. The molecule has 0 unspecified atom stereocenters. The van der Waals surface area contributed by atoms with Crippen molar-refractivity contribution in [2.45, 2.75) is 6.92 Å². The molecule has 0 saturated carbocycles. The van der Waals surface area contributed by atoms with Crippen molar-refractivity contribution in [3.63, 3.8) is 0 Å². The van der Waals surface area contributed by atoms with Gasteiger partial charge in [-0.1, -0.05) is 0 Å². The van der Waals surface area contributed by atoms with Crippen LogP contribution in [0.25, 0.3) is 0 Å². The monoisotopic (exact) mass is 242 g/mol. The predicted molar refractivity (Wildman–Crippen MR) is 66.8 cm³/mol. The summed E-state index contributed by atoms with van der Waals surface area (Å²) in [4.78, 5) is 0. The number of halogens is 1. The Hall–Kier alpha value is -2.54. The number of hydrogen-bond acceptors (Lipinski definition) is 3. The zero-order valence-electron chi connectivity index (χ0n) is 9.77. The number of rotatable bonds is 2. The number of aryl methyl sites for hydroxylation is 1. The van der Waals surface area contributed by atoms with Gasteiger partial charge in [-0.2, -0.15) is 5.26 Å². The van der Waals surface area contributed by atoms with Gasteiger partial charge in [0.2, 0.25) is 0 Å². The first kappa shape index (κ1) is 11.9. The van der Waals surface area contributed by atoms with E-state index >= 15 is 0 Å². The van der Waals surface area contributed by atoms with E-state index in [0.29, 0.717) is 28.3 Å². The molecule has 4 heteroatoms. The predicted octanol–water partition coefficient (Wildman–Crippen LogP) is 3.38. The maximum atomic E-state index is 12.9. The summed E-state index contributed by atoms with van der Waals surface area (Å²) in [7, 11) is 0. The summed E-state index contributed by atoms with van der Waals surface area (Å²) in [6.07, 6.45) is 0. The average molecular weight is 242 g/mol. The number of nitrogens with zero attached hydrogens (tertiary/aromatic N) is 1. The van der Waals surface area contributed by atoms with Gasteiger partial charge in [0.15, 0.2) is 0 Å². The van der Waals surface area contributed by atoms with Crippen LogP contribution in [0.15, 0.2) is 36.4 Å². The molecular formula is C14H11FN2O. The van der Waals surface area contributed by atoms with Crippen molar-refractivity contribution in [2.75, 3.05) is 5.73 Å². The van der Waals surface area contributed by atoms with Gasteiger partial charge in [0.25, 0.3) is 0 Å². The molecule has 0 spiro atoms. The van der Waals surface area contributed by atoms with Crippen LogP contribution in [0, 0.1) is 24.1 Å². The average Bonchev–Trinajstić information content (AvgIpc) is 2.34. The number of benzene rings is 2. The summed E-state index contributed by atoms with van der Waals surface area (Å²) >= 11 is 0. The second-order valence-corrected chi connectivity index (χ2v) is 3.88. The van der Waals surface area contributed by atoms with Gasteiger partial charge in [-0.05, 0) is 48.9 Å². The van der Waals surface area contributed by atoms with Crippen molar-refractivity contribution >= 4 is 5.69 Å². The van der Waals surface area contributed by atoms with E-state index in [2.05, 4.69) is 0 Å². The van der Waals surface area contributed by atoms with Crippen LogP contribution in [0.2, 0.25) is 0 Å². The summed E-state index contributed by atoms with van der Waals surface area (Å²) in [5.41, 5.74) is 7.30. The highest BCUT2D eigenvalue weighted by Gasteiger charge is 2.06. The molecule has 0 heterocycles. The normalized spacial score (nSPS) is 9.83. The van der Waals surface area contributed by atoms with Crippen LogP contribution in [0.5, 0.6) is 11.5 Å². The number of anilines is 1. The fourth-order valence-electron chi connectivity index (χ4n) is 1.56. The van der Waals surface area contributed by atoms with E-state index in [4.69, 9.17) is 15.7 Å². The molecule has 0 bridgehead atoms. The summed E-state index contributed by atoms with van der Waals surface area (Å²) in [5, 5.41) is 8.73. The third-order valence-corrected chi connectivity index (χ3v) is 2.50. The number of nitriles is 1. The SMILES string of the molecule is Cc1cc(F)ccc1Oc1ccc(C#N)cc1N. The van der Waals surface area contributed by atoms with Gasteiger partial charge in [-0.15, -0.1) is 0 Å². The van der Waals surface area contributed by atoms with Crippen molar-refractivity contribution in [1.82, 2.24) is 0 Å². The molecule has 0 aliphatic carbocycles. The van der Waals surface area contributed by atoms with E-state index in [-0.39, 0.29) is 5.82 Å². The van der Waals surface area contributed by atoms with E-state index in [1.165, 1.54) is 18.2 Å². The fraction of sp³-hybridized carbons (Fsp3) is 0.0714. The molecule has 0 aliphatic rings. The van der Waals surface area contributed by atoms with Gasteiger partial charge in [-0.3, -0.25) is 0 Å². The summed E-state index contributed by atoms with van der Waals surface area (Å²) in [6.45, 7) is 1.75. The lowest BCUT2D eigenvalue weighted by Crippen LogP contribution is -1.94. The summed E-state index contributed by atoms with van der Waals surface area (Å²) in [5.74, 6) is 0.671. The van der Waals surface area contributed by atoms with E-state index < -0.39 is 0 Å². The number of nitrogens with two attached hydrogens (primary N) is 1. The zero-order valence-corrected chi connectivity index (χ0v) is 9.77. The fourth-order valence-corrected chi connectivity index (χ4v) is 1.56. The lowest BCUT2D eigenvalue weighted by molar-refractivity contribution is 0.479. The largest absolute Gasteiger partial charge is 0.455 e. The maximum absolute atomic E-state index is 12.9. The van der Waals surface area contributed by atoms with Gasteiger partial charge in [0.1, 0.15) is 17.3 Å². The van der Waals surface area contributed by atoms with Crippen LogP contribution < -0.4 is 10.5 Å². The second kappa shape index (κ2) is 4.76. The highest BCUT2D eigenvalue weighted by atomic mass is 19.1. The third-order valence-electron chi connectivity index (χ3n) is 2.50. The minimum Gasteiger partial charge on any atom is -0.455 e. The van der Waals surface area contributed by atoms with Gasteiger partial charge < -0.3 is 10.5 Å². The Morgan fingerprint density at radius 2 is 1.89 bits per heavy atom. The van der Waals surface area contributed by atoms with Crippen molar-refractivity contribution in [2.24, 2.45) is 0 Å². The van der Waals surface area contributed by atoms with E-state index in [0.717, 1.165) is 0 Å². The van der Waals surface area contributed by atoms with Gasteiger partial charge in [-0.25, -0.2) is 4.39 Å². The first-order valence-electron chi connectivity index (χ1n) is 5.34. The first-order chi connectivity index (χ1) is 8.60. The molecule has 2 N–H and O–H groups in total. The van der Waals surface area contributed by atoms with Crippen molar-refractivity contribution in [1.29, 1.82) is 5.26 Å². The highest BCUT2D eigenvalue weighted by Crippen LogP contribution is 2.30. The number of nitrogen functional groups attached to an aromatic ring is 1. The van der Waals surface area contributed by atoms with Crippen LogP contribution in [0.1, 0.15) is 11.1 Å². The molecule has 0 radical (unpaired) electrons. The Bertz CT molecular complexity index is 632. The molecule has 0 aliphatic heterocycles. The molecule has 0 atom stereocenters. The van der Waals surface area contributed by atoms with Crippen molar-refractivity contribution < 1.29 is 9.13 Å². The molecule has 18 heavy (non-hydrogen) atoms. The van der Waals surface area contributed by atoms with Gasteiger partial charge in [0, 0.05) is 0 Å². The molecule has 3 nitrogen and oxygen atoms in total. The van der Waals surface area contributed by atoms with Crippen LogP contribution in [-0.2, 0) is 0 Å². The van der Waals surface area contributed by atoms with Crippen LogP contribution >= 0.6 is 0 Å². The molecule has 0 aromatic heterocycles. The number of ether oxygens (including phenoxy) is 1. The molecule has 0 fully saturated rings. The molecule has 2 aromatic carbocycles. The Kier molecular flexibility index (Phi) is 3.16. The second-order valence-electron chi connectivity index (χ2n) is 3.88. The maximum Gasteiger partial charge on any atom is 0.150 e. The lowest BCUT2D eigenvalue weighted by atomic mass is 10.2. The minimum absolute atomic E-state index is 0.312. The molecule has 0 saturated heterocycles. The molecular weight excluding hydrogens is 231 g/mol. The Morgan fingerprint density at radius 1 is 1.17 bits per heavy atom. The van der Waals surface area contributed by atoms with Gasteiger partial charge in [0.05, 0.1) is 17.3 Å². The van der Waals surface area contributed by atoms with Crippen LogP contribution in [-0.4, -0.2) is 0 Å². The Labute approximate surface area is 104 Å². The van der Waals surface area contributed by atoms with E-state index in [9.17, 15) is 4.39 Å². The van der Waals surface area contributed by atoms with E-state index in [1.807, 2.05) is 6.07 Å². The van der Waals surface area contributed by atoms with Crippen LogP contribution in [0.4, 0.5) is 10.1 Å².